The Morgan fingerprint density at radius 2 is 2.17 bits per heavy atom. The molecule has 1 saturated carbocycles. The number of hydrogen-bond donors (Lipinski definition) is 1. The van der Waals surface area contributed by atoms with E-state index in [0.29, 0.717) is 4.88 Å². The highest BCUT2D eigenvalue weighted by atomic mass is 32.1. The molecule has 0 aromatic carbocycles. The molecule has 1 unspecified atom stereocenters. The molecule has 1 heterocycles. The van der Waals surface area contributed by atoms with Gasteiger partial charge in [0, 0.05) is 17.1 Å². The molecule has 1 aliphatic carbocycles. The van der Waals surface area contributed by atoms with Gasteiger partial charge in [-0.25, -0.2) is 4.98 Å². The van der Waals surface area contributed by atoms with Crippen molar-refractivity contribution in [3.05, 3.63) is 16.1 Å². The first-order valence-corrected chi connectivity index (χ1v) is 6.95. The average Bonchev–Trinajstić information content (AvgIpc) is 2.82. The summed E-state index contributed by atoms with van der Waals surface area (Å²) < 4.78 is 37.7. The average molecular weight is 278 g/mol. The minimum atomic E-state index is -4.33. The number of aromatic nitrogens is 1. The molecule has 2 rings (SSSR count). The van der Waals surface area contributed by atoms with E-state index < -0.39 is 11.2 Å². The second kappa shape index (κ2) is 4.81. The van der Waals surface area contributed by atoms with E-state index in [0.717, 1.165) is 37.1 Å². The second-order valence-corrected chi connectivity index (χ2v) is 6.17. The molecule has 6 heteroatoms. The van der Waals surface area contributed by atoms with Crippen molar-refractivity contribution in [2.75, 3.05) is 6.54 Å². The molecule has 1 aliphatic rings. The summed E-state index contributed by atoms with van der Waals surface area (Å²) in [7, 11) is 0. The highest BCUT2D eigenvalue weighted by molar-refractivity contribution is 7.11. The first-order chi connectivity index (χ1) is 8.37. The molecule has 0 bridgehead atoms. The topological polar surface area (TPSA) is 24.9 Å². The molecule has 0 aliphatic heterocycles. The molecule has 0 amide bonds. The van der Waals surface area contributed by atoms with Gasteiger partial charge < -0.3 is 5.32 Å². The molecule has 1 atom stereocenters. The van der Waals surface area contributed by atoms with E-state index in [4.69, 9.17) is 0 Å². The Kier molecular flexibility index (Phi) is 3.69. The fourth-order valence-corrected chi connectivity index (χ4v) is 3.05. The summed E-state index contributed by atoms with van der Waals surface area (Å²) in [6, 6.07) is 0.00560. The molecule has 0 saturated heterocycles. The van der Waals surface area contributed by atoms with E-state index in [9.17, 15) is 13.2 Å². The third-order valence-electron chi connectivity index (χ3n) is 3.38. The molecule has 18 heavy (non-hydrogen) atoms. The number of halogens is 3. The van der Waals surface area contributed by atoms with Gasteiger partial charge in [0.15, 0.2) is 5.01 Å². The van der Waals surface area contributed by atoms with E-state index in [2.05, 4.69) is 17.2 Å². The van der Waals surface area contributed by atoms with Crippen LogP contribution in [0.1, 0.15) is 49.0 Å². The summed E-state index contributed by atoms with van der Waals surface area (Å²) in [5.41, 5.74) is 0.102. The van der Waals surface area contributed by atoms with Crippen molar-refractivity contribution in [2.24, 2.45) is 5.41 Å². The molecule has 1 aromatic heterocycles. The van der Waals surface area contributed by atoms with Crippen molar-refractivity contribution in [2.45, 2.75) is 45.3 Å². The molecule has 1 N–H and O–H groups in total. The normalized spacial score (nSPS) is 19.8. The lowest BCUT2D eigenvalue weighted by Gasteiger charge is -2.23. The minimum Gasteiger partial charge on any atom is -0.309 e. The fraction of sp³-hybridized carbons (Fsp3) is 0.750. The van der Waals surface area contributed by atoms with Crippen molar-refractivity contribution in [3.63, 3.8) is 0 Å². The summed E-state index contributed by atoms with van der Waals surface area (Å²) in [6.07, 6.45) is 0.145. The van der Waals surface area contributed by atoms with Gasteiger partial charge in [-0.1, -0.05) is 13.8 Å². The molecule has 1 aromatic rings. The molecular weight excluding hydrogens is 261 g/mol. The van der Waals surface area contributed by atoms with Gasteiger partial charge in [0.1, 0.15) is 0 Å². The maximum absolute atomic E-state index is 12.6. The third-order valence-corrected chi connectivity index (χ3v) is 4.49. The number of alkyl halides is 3. The van der Waals surface area contributed by atoms with Crippen molar-refractivity contribution in [1.82, 2.24) is 10.3 Å². The lowest BCUT2D eigenvalue weighted by Crippen LogP contribution is -2.28. The Balaban J connectivity index is 2.18. The predicted octanol–water partition coefficient (Wildman–Crippen LogP) is 4.00. The second-order valence-electron chi connectivity index (χ2n) is 5.11. The first-order valence-electron chi connectivity index (χ1n) is 6.13. The van der Waals surface area contributed by atoms with Gasteiger partial charge in [0.25, 0.3) is 0 Å². The lowest BCUT2D eigenvalue weighted by molar-refractivity contribution is -0.137. The minimum absolute atomic E-state index is 0.00560. The van der Waals surface area contributed by atoms with Crippen LogP contribution in [0.15, 0.2) is 6.20 Å². The van der Waals surface area contributed by atoms with Crippen LogP contribution in [-0.4, -0.2) is 11.5 Å². The molecule has 0 radical (unpaired) electrons. The lowest BCUT2D eigenvalue weighted by atomic mass is 9.98. The van der Waals surface area contributed by atoms with Crippen LogP contribution in [0.5, 0.6) is 0 Å². The zero-order valence-electron chi connectivity index (χ0n) is 10.5. The maximum Gasteiger partial charge on any atom is 0.443 e. The Morgan fingerprint density at radius 3 is 2.61 bits per heavy atom. The van der Waals surface area contributed by atoms with Gasteiger partial charge in [-0.3, -0.25) is 0 Å². The first kappa shape index (κ1) is 13.8. The van der Waals surface area contributed by atoms with Gasteiger partial charge in [0.05, 0.1) is 0 Å². The summed E-state index contributed by atoms with van der Waals surface area (Å²) in [4.78, 5) is 4.22. The summed E-state index contributed by atoms with van der Waals surface area (Å²) in [6.45, 7) is 4.99. The number of hydrogen-bond acceptors (Lipinski definition) is 3. The molecular formula is C12H17F3N2S. The summed E-state index contributed by atoms with van der Waals surface area (Å²) in [5.74, 6) is 0. The van der Waals surface area contributed by atoms with Gasteiger partial charge in [0.2, 0.25) is 0 Å². The summed E-state index contributed by atoms with van der Waals surface area (Å²) in [5, 5.41) is 2.61. The third kappa shape index (κ3) is 2.85. The quantitative estimate of drug-likeness (QED) is 0.880. The highest BCUT2D eigenvalue weighted by Gasteiger charge is 2.46. The summed E-state index contributed by atoms with van der Waals surface area (Å²) >= 11 is 0.767. The van der Waals surface area contributed by atoms with Crippen molar-refractivity contribution in [1.29, 1.82) is 0 Å². The zero-order valence-corrected chi connectivity index (χ0v) is 11.3. The number of nitrogens with one attached hydrogen (secondary N) is 1. The van der Waals surface area contributed by atoms with Crippen LogP contribution in [0.25, 0.3) is 0 Å². The Labute approximate surface area is 109 Å². The van der Waals surface area contributed by atoms with Gasteiger partial charge >= 0.3 is 6.18 Å². The Hall–Kier alpha value is -0.620. The SMILES string of the molecule is CCCNC(c1cnc(C(F)(F)F)s1)C1(C)CC1. The predicted molar refractivity (Wildman–Crippen MR) is 65.5 cm³/mol. The molecule has 2 nitrogen and oxygen atoms in total. The van der Waals surface area contributed by atoms with Crippen LogP contribution in [0, 0.1) is 5.41 Å². The number of nitrogens with zero attached hydrogens (tertiary/aromatic N) is 1. The smallest absolute Gasteiger partial charge is 0.309 e. The van der Waals surface area contributed by atoms with Crippen LogP contribution < -0.4 is 5.32 Å². The fourth-order valence-electron chi connectivity index (χ4n) is 2.02. The molecule has 102 valence electrons. The largest absolute Gasteiger partial charge is 0.443 e. The van der Waals surface area contributed by atoms with Crippen LogP contribution in [0.2, 0.25) is 0 Å². The van der Waals surface area contributed by atoms with Crippen molar-refractivity contribution < 1.29 is 13.2 Å². The molecule has 0 spiro atoms. The number of thiazole rings is 1. The van der Waals surface area contributed by atoms with Gasteiger partial charge in [-0.2, -0.15) is 13.2 Å². The zero-order chi connectivity index (χ0) is 13.4. The Morgan fingerprint density at radius 1 is 1.50 bits per heavy atom. The number of rotatable bonds is 5. The molecule has 1 fully saturated rings. The van der Waals surface area contributed by atoms with E-state index in [1.54, 1.807) is 0 Å². The van der Waals surface area contributed by atoms with E-state index in [-0.39, 0.29) is 11.5 Å². The van der Waals surface area contributed by atoms with E-state index >= 15 is 0 Å². The maximum atomic E-state index is 12.6. The Bertz CT molecular complexity index is 410. The monoisotopic (exact) mass is 278 g/mol. The standard InChI is InChI=1S/C12H17F3N2S/c1-3-6-16-9(11(2)4-5-11)8-7-17-10(18-8)12(13,14)15/h7,9,16H,3-6H2,1-2H3. The van der Waals surface area contributed by atoms with Crippen LogP contribution in [0.4, 0.5) is 13.2 Å². The van der Waals surface area contributed by atoms with Gasteiger partial charge in [-0.05, 0) is 31.2 Å². The van der Waals surface area contributed by atoms with Crippen molar-refractivity contribution in [3.8, 4) is 0 Å². The van der Waals surface area contributed by atoms with E-state index in [1.807, 2.05) is 6.92 Å². The van der Waals surface area contributed by atoms with Gasteiger partial charge in [-0.15, -0.1) is 11.3 Å². The van der Waals surface area contributed by atoms with Crippen LogP contribution in [-0.2, 0) is 6.18 Å². The van der Waals surface area contributed by atoms with E-state index in [1.165, 1.54) is 6.20 Å². The van der Waals surface area contributed by atoms with Crippen molar-refractivity contribution >= 4 is 11.3 Å². The van der Waals surface area contributed by atoms with Crippen LogP contribution in [0.3, 0.4) is 0 Å². The highest BCUT2D eigenvalue weighted by Crippen LogP contribution is 2.55. The van der Waals surface area contributed by atoms with Crippen LogP contribution >= 0.6 is 11.3 Å².